The van der Waals surface area contributed by atoms with Crippen LogP contribution in [0.4, 0.5) is 5.69 Å². The summed E-state index contributed by atoms with van der Waals surface area (Å²) in [6.45, 7) is 9.44. The van der Waals surface area contributed by atoms with E-state index in [4.69, 9.17) is 4.74 Å². The molecule has 1 aromatic carbocycles. The number of aromatic nitrogens is 6. The summed E-state index contributed by atoms with van der Waals surface area (Å²) in [4.78, 5) is 12.7. The number of amides is 1. The number of anilines is 1. The molecule has 0 aliphatic carbocycles. The van der Waals surface area contributed by atoms with Gasteiger partial charge in [-0.05, 0) is 56.3 Å². The molecule has 9 nitrogen and oxygen atoms in total. The van der Waals surface area contributed by atoms with E-state index in [1.807, 2.05) is 32.4 Å². The lowest BCUT2D eigenvalue weighted by atomic mass is 10.2. The Balaban J connectivity index is 1.71. The molecule has 1 N–H and O–H groups in total. The van der Waals surface area contributed by atoms with Crippen LogP contribution in [0, 0.1) is 13.8 Å². The Bertz CT molecular complexity index is 945. The summed E-state index contributed by atoms with van der Waals surface area (Å²) in [6.07, 6.45) is 0. The third kappa shape index (κ3) is 3.97. The molecule has 0 aliphatic heterocycles. The summed E-state index contributed by atoms with van der Waals surface area (Å²) >= 11 is 0. The van der Waals surface area contributed by atoms with Gasteiger partial charge in [0.15, 0.2) is 5.82 Å². The van der Waals surface area contributed by atoms with Gasteiger partial charge in [0.1, 0.15) is 12.4 Å². The van der Waals surface area contributed by atoms with Gasteiger partial charge < -0.3 is 10.1 Å². The van der Waals surface area contributed by atoms with Crippen molar-refractivity contribution in [1.82, 2.24) is 30.0 Å². The Morgan fingerprint density at radius 3 is 2.67 bits per heavy atom. The molecule has 0 bridgehead atoms. The monoisotopic (exact) mass is 369 g/mol. The second-order valence-electron chi connectivity index (χ2n) is 6.04. The maximum absolute atomic E-state index is 12.7. The molecule has 0 saturated heterocycles. The topological polar surface area (TPSA) is 99.8 Å². The third-order valence-corrected chi connectivity index (χ3v) is 4.29. The van der Waals surface area contributed by atoms with Gasteiger partial charge in [0, 0.05) is 18.7 Å². The molecule has 27 heavy (non-hydrogen) atoms. The molecule has 3 aromatic rings. The number of tetrazole rings is 1. The zero-order valence-corrected chi connectivity index (χ0v) is 15.9. The van der Waals surface area contributed by atoms with Crippen molar-refractivity contribution in [2.45, 2.75) is 47.4 Å². The fourth-order valence-corrected chi connectivity index (χ4v) is 2.82. The number of nitrogens with zero attached hydrogens (tertiary/aromatic N) is 6. The molecule has 0 aliphatic rings. The van der Waals surface area contributed by atoms with Gasteiger partial charge in [-0.2, -0.15) is 5.10 Å². The lowest BCUT2D eigenvalue weighted by molar-refractivity contribution is 0.102. The largest absolute Gasteiger partial charge is 0.486 e. The first-order valence-electron chi connectivity index (χ1n) is 8.86. The fourth-order valence-electron chi connectivity index (χ4n) is 2.82. The minimum Gasteiger partial charge on any atom is -0.486 e. The van der Waals surface area contributed by atoms with Crippen molar-refractivity contribution >= 4 is 11.6 Å². The fraction of sp³-hybridized carbons (Fsp3) is 0.389. The quantitative estimate of drug-likeness (QED) is 0.686. The van der Waals surface area contributed by atoms with Crippen LogP contribution < -0.4 is 10.1 Å². The summed E-state index contributed by atoms with van der Waals surface area (Å²) in [7, 11) is 0. The van der Waals surface area contributed by atoms with Crippen LogP contribution in [0.3, 0.4) is 0 Å². The summed E-state index contributed by atoms with van der Waals surface area (Å²) in [5.41, 5.74) is 2.98. The van der Waals surface area contributed by atoms with Crippen LogP contribution in [0.1, 0.15) is 41.4 Å². The molecule has 0 fully saturated rings. The molecule has 3 rings (SSSR count). The number of benzene rings is 1. The van der Waals surface area contributed by atoms with Crippen molar-refractivity contribution in [3.8, 4) is 5.75 Å². The van der Waals surface area contributed by atoms with Gasteiger partial charge in [-0.3, -0.25) is 9.48 Å². The van der Waals surface area contributed by atoms with E-state index < -0.39 is 0 Å². The first kappa shape index (κ1) is 18.6. The Hall–Kier alpha value is -3.23. The average molecular weight is 369 g/mol. The number of hydrogen-bond donors (Lipinski definition) is 1. The lowest BCUT2D eigenvalue weighted by Crippen LogP contribution is -2.13. The van der Waals surface area contributed by atoms with Crippen molar-refractivity contribution in [2.75, 3.05) is 5.32 Å². The SMILES string of the molecule is CCn1nnnc1COc1cccc(C(=O)Nc2c(C)nn(CC)c2C)c1. The van der Waals surface area contributed by atoms with E-state index >= 15 is 0 Å². The molecule has 142 valence electrons. The Morgan fingerprint density at radius 2 is 1.96 bits per heavy atom. The highest BCUT2D eigenvalue weighted by Gasteiger charge is 2.15. The first-order valence-corrected chi connectivity index (χ1v) is 8.86. The number of ether oxygens (including phenoxy) is 1. The average Bonchev–Trinajstić information content (AvgIpc) is 3.25. The minimum absolute atomic E-state index is 0.208. The molecule has 0 spiro atoms. The van der Waals surface area contributed by atoms with E-state index in [1.54, 1.807) is 28.9 Å². The van der Waals surface area contributed by atoms with Crippen molar-refractivity contribution in [3.05, 3.63) is 47.0 Å². The van der Waals surface area contributed by atoms with Crippen LogP contribution in [0.25, 0.3) is 0 Å². The lowest BCUT2D eigenvalue weighted by Gasteiger charge is -2.09. The molecule has 0 atom stereocenters. The Kier molecular flexibility index (Phi) is 5.49. The molecule has 0 unspecified atom stereocenters. The van der Waals surface area contributed by atoms with Crippen molar-refractivity contribution in [3.63, 3.8) is 0 Å². The number of carbonyl (C=O) groups excluding carboxylic acids is 1. The molecule has 0 saturated carbocycles. The van der Waals surface area contributed by atoms with Crippen LogP contribution in [-0.2, 0) is 19.7 Å². The molecule has 9 heteroatoms. The number of nitrogens with one attached hydrogen (secondary N) is 1. The molecule has 1 amide bonds. The van der Waals surface area contributed by atoms with Gasteiger partial charge in [-0.15, -0.1) is 5.10 Å². The second kappa shape index (κ2) is 7.98. The van der Waals surface area contributed by atoms with E-state index in [1.165, 1.54) is 0 Å². The summed E-state index contributed by atoms with van der Waals surface area (Å²) in [5.74, 6) is 0.997. The van der Waals surface area contributed by atoms with Crippen molar-refractivity contribution < 1.29 is 9.53 Å². The van der Waals surface area contributed by atoms with Gasteiger partial charge in [0.2, 0.25) is 0 Å². The van der Waals surface area contributed by atoms with Crippen molar-refractivity contribution in [1.29, 1.82) is 0 Å². The normalized spacial score (nSPS) is 10.8. The van der Waals surface area contributed by atoms with E-state index in [9.17, 15) is 4.79 Å². The van der Waals surface area contributed by atoms with Crippen LogP contribution in [0.5, 0.6) is 5.75 Å². The molecule has 2 heterocycles. The minimum atomic E-state index is -0.208. The summed E-state index contributed by atoms with van der Waals surface area (Å²) in [5, 5.41) is 18.8. The highest BCUT2D eigenvalue weighted by atomic mass is 16.5. The number of carbonyl (C=O) groups is 1. The van der Waals surface area contributed by atoms with E-state index in [0.29, 0.717) is 23.7 Å². The molecular weight excluding hydrogens is 346 g/mol. The zero-order chi connectivity index (χ0) is 19.4. The standard InChI is InChI=1S/C18H23N7O2/c1-5-24-13(4)17(12(3)21-24)19-18(26)14-8-7-9-15(10-14)27-11-16-20-22-23-25(16)6-2/h7-10H,5-6,11H2,1-4H3,(H,19,26). The van der Waals surface area contributed by atoms with Crippen molar-refractivity contribution in [2.24, 2.45) is 0 Å². The second-order valence-corrected chi connectivity index (χ2v) is 6.04. The van der Waals surface area contributed by atoms with Gasteiger partial charge >= 0.3 is 0 Å². The maximum atomic E-state index is 12.7. The Labute approximate surface area is 157 Å². The number of hydrogen-bond acceptors (Lipinski definition) is 6. The van der Waals surface area contributed by atoms with Crippen LogP contribution in [0.2, 0.25) is 0 Å². The first-order chi connectivity index (χ1) is 13.0. The van der Waals surface area contributed by atoms with E-state index in [-0.39, 0.29) is 12.5 Å². The predicted molar refractivity (Wildman–Crippen MR) is 99.6 cm³/mol. The van der Waals surface area contributed by atoms with Gasteiger partial charge in [0.25, 0.3) is 5.91 Å². The van der Waals surface area contributed by atoms with Crippen LogP contribution in [0.15, 0.2) is 24.3 Å². The molecule has 2 aromatic heterocycles. The van der Waals surface area contributed by atoms with E-state index in [0.717, 1.165) is 23.6 Å². The zero-order valence-electron chi connectivity index (χ0n) is 15.9. The molecule has 0 radical (unpaired) electrons. The van der Waals surface area contributed by atoms with Gasteiger partial charge in [0.05, 0.1) is 17.1 Å². The number of rotatable bonds is 7. The summed E-state index contributed by atoms with van der Waals surface area (Å²) < 4.78 is 9.27. The Morgan fingerprint density at radius 1 is 1.19 bits per heavy atom. The van der Waals surface area contributed by atoms with Gasteiger partial charge in [-0.1, -0.05) is 6.07 Å². The number of aryl methyl sites for hydroxylation is 3. The van der Waals surface area contributed by atoms with Crippen LogP contribution >= 0.6 is 0 Å². The third-order valence-electron chi connectivity index (χ3n) is 4.29. The van der Waals surface area contributed by atoms with Crippen LogP contribution in [-0.4, -0.2) is 35.9 Å². The smallest absolute Gasteiger partial charge is 0.255 e. The molecular formula is C18H23N7O2. The maximum Gasteiger partial charge on any atom is 0.255 e. The van der Waals surface area contributed by atoms with E-state index in [2.05, 4.69) is 25.9 Å². The predicted octanol–water partition coefficient (Wildman–Crippen LogP) is 2.36. The summed E-state index contributed by atoms with van der Waals surface area (Å²) in [6, 6.07) is 7.02. The highest BCUT2D eigenvalue weighted by molar-refractivity contribution is 6.05. The van der Waals surface area contributed by atoms with Gasteiger partial charge in [-0.25, -0.2) is 4.68 Å². The highest BCUT2D eigenvalue weighted by Crippen LogP contribution is 2.21.